The van der Waals surface area contributed by atoms with Crippen LogP contribution in [0, 0.1) is 0 Å². The van der Waals surface area contributed by atoms with Crippen molar-refractivity contribution in [3.63, 3.8) is 0 Å². The van der Waals surface area contributed by atoms with Gasteiger partial charge in [0.15, 0.2) is 0 Å². The van der Waals surface area contributed by atoms with Crippen LogP contribution in [-0.2, 0) is 0 Å². The quantitative estimate of drug-likeness (QED) is 0.674. The SMILES string of the molecule is CB(C)C[Se](=[Se])CB(C)C.CCB(C)C. The van der Waals surface area contributed by atoms with Gasteiger partial charge in [-0.15, -0.1) is 0 Å². The molecule has 0 fully saturated rings. The van der Waals surface area contributed by atoms with Crippen molar-refractivity contribution in [2.45, 2.75) is 64.6 Å². The van der Waals surface area contributed by atoms with E-state index in [1.165, 1.54) is 16.8 Å². The molecule has 0 heterocycles. The van der Waals surface area contributed by atoms with Crippen molar-refractivity contribution in [2.75, 3.05) is 0 Å². The number of rotatable bonds is 5. The summed E-state index contributed by atoms with van der Waals surface area (Å²) in [4.78, 5) is 0. The van der Waals surface area contributed by atoms with Gasteiger partial charge in [0.25, 0.3) is 0 Å². The van der Waals surface area contributed by atoms with Gasteiger partial charge in [-0.05, 0) is 0 Å². The number of hydrogen-bond acceptors (Lipinski definition) is 0. The molecule has 0 saturated heterocycles. The Kier molecular flexibility index (Phi) is 14.5. The summed E-state index contributed by atoms with van der Waals surface area (Å²) in [6.07, 6.45) is 1.31. The summed E-state index contributed by atoms with van der Waals surface area (Å²) in [5.41, 5.74) is 0. The van der Waals surface area contributed by atoms with Gasteiger partial charge in [-0.25, -0.2) is 0 Å². The Labute approximate surface area is 110 Å². The first kappa shape index (κ1) is 18.6. The third kappa shape index (κ3) is 21.1. The molecule has 0 spiro atoms. The van der Waals surface area contributed by atoms with E-state index in [4.69, 9.17) is 0 Å². The van der Waals surface area contributed by atoms with Crippen molar-refractivity contribution < 1.29 is 0 Å². The summed E-state index contributed by atoms with van der Waals surface area (Å²) in [6.45, 7) is 18.6. The van der Waals surface area contributed by atoms with Gasteiger partial charge in [0.2, 0.25) is 0 Å². The summed E-state index contributed by atoms with van der Waals surface area (Å²) >= 11 is 3.05. The maximum atomic E-state index is 3.36. The molecule has 0 N–H and O–H groups in total. The Morgan fingerprint density at radius 3 is 1.20 bits per heavy atom. The number of hydrogen-bond donors (Lipinski definition) is 0. The molecule has 0 radical (unpaired) electrons. The normalized spacial score (nSPS) is 9.33. The molecule has 88 valence electrons. The van der Waals surface area contributed by atoms with Gasteiger partial charge >= 0.3 is 76.3 Å². The van der Waals surface area contributed by atoms with Crippen molar-refractivity contribution in [3.8, 4) is 0 Å². The van der Waals surface area contributed by atoms with E-state index in [-0.39, 0.29) is 11.5 Å². The Balaban J connectivity index is 0. The molecule has 0 bridgehead atoms. The zero-order valence-corrected chi connectivity index (χ0v) is 15.1. The third-order valence-corrected chi connectivity index (χ3v) is 9.18. The van der Waals surface area contributed by atoms with E-state index < -0.39 is 0 Å². The first-order valence-electron chi connectivity index (χ1n) is 6.14. The molecule has 0 aromatic carbocycles. The minimum absolute atomic E-state index is 0.319. The van der Waals surface area contributed by atoms with E-state index in [0.717, 1.165) is 20.1 Å². The molecule has 0 atom stereocenters. The second kappa shape index (κ2) is 11.7. The summed E-state index contributed by atoms with van der Waals surface area (Å²) in [5, 5.41) is 2.91. The van der Waals surface area contributed by atoms with Gasteiger partial charge in [-0.3, -0.25) is 0 Å². The first-order chi connectivity index (χ1) is 6.79. The van der Waals surface area contributed by atoms with Crippen molar-refractivity contribution >= 4 is 45.3 Å². The van der Waals surface area contributed by atoms with Crippen LogP contribution in [0.4, 0.5) is 0 Å². The minimum Gasteiger partial charge on any atom is -0.0863 e. The van der Waals surface area contributed by atoms with E-state index in [1.807, 2.05) is 0 Å². The van der Waals surface area contributed by atoms with Gasteiger partial charge in [-0.1, -0.05) is 26.9 Å². The summed E-state index contributed by atoms with van der Waals surface area (Å²) in [5.74, 6) is 0. The zero-order valence-electron chi connectivity index (χ0n) is 11.7. The van der Waals surface area contributed by atoms with E-state index in [2.05, 4.69) is 61.5 Å². The Morgan fingerprint density at radius 1 is 0.800 bits per heavy atom. The predicted octanol–water partition coefficient (Wildman–Crippen LogP) is 3.49. The largest absolute Gasteiger partial charge is 0.133 e. The van der Waals surface area contributed by atoms with Gasteiger partial charge in [0.1, 0.15) is 6.71 Å². The maximum Gasteiger partial charge on any atom is 0.133 e. The van der Waals surface area contributed by atoms with Crippen LogP contribution in [0.1, 0.15) is 6.92 Å². The molecule has 5 heteroatoms. The molecule has 0 aliphatic rings. The Hall–Kier alpha value is 1.23. The average molecular weight is 338 g/mol. The molecular formula is C10H27B3Se2. The standard InChI is InChI=1S/C6H16B2Se2.C4H11B/c1-7(2)5-10(9)6-8(3)4;1-4-5(2)3/h5-6H2,1-4H3;4H2,1-3H3. The Morgan fingerprint density at radius 2 is 1.07 bits per heavy atom. The van der Waals surface area contributed by atoms with Crippen LogP contribution in [0.15, 0.2) is 0 Å². The molecule has 0 aromatic rings. The zero-order chi connectivity index (χ0) is 12.4. The van der Waals surface area contributed by atoms with Crippen LogP contribution in [0.25, 0.3) is 0 Å². The fourth-order valence-electron chi connectivity index (χ4n) is 0.812. The van der Waals surface area contributed by atoms with E-state index in [0.29, 0.717) is 0 Å². The van der Waals surface area contributed by atoms with Crippen molar-refractivity contribution in [2.24, 2.45) is 0 Å². The van der Waals surface area contributed by atoms with Crippen LogP contribution >= 0.6 is 0 Å². The molecule has 0 rings (SSSR count). The molecule has 15 heavy (non-hydrogen) atoms. The molecule has 0 amide bonds. The molecular weight excluding hydrogens is 310 g/mol. The van der Waals surface area contributed by atoms with E-state index in [9.17, 15) is 0 Å². The summed E-state index contributed by atoms with van der Waals surface area (Å²) < 4.78 is 0. The van der Waals surface area contributed by atoms with Crippen LogP contribution in [0.3, 0.4) is 0 Å². The average Bonchev–Trinajstić information content (AvgIpc) is 2.01. The van der Waals surface area contributed by atoms with Crippen LogP contribution in [-0.4, -0.2) is 45.3 Å². The monoisotopic (exact) mass is 340 g/mol. The predicted molar refractivity (Wildman–Crippen MR) is 84.0 cm³/mol. The molecule has 0 aromatic heterocycles. The molecule has 0 aliphatic carbocycles. The minimum atomic E-state index is -0.319. The van der Waals surface area contributed by atoms with Crippen LogP contribution in [0.5, 0.6) is 0 Å². The molecule has 0 unspecified atom stereocenters. The topological polar surface area (TPSA) is 0 Å². The van der Waals surface area contributed by atoms with Crippen LogP contribution < -0.4 is 0 Å². The van der Waals surface area contributed by atoms with E-state index in [1.54, 1.807) is 0 Å². The van der Waals surface area contributed by atoms with Crippen molar-refractivity contribution in [1.29, 1.82) is 0 Å². The van der Waals surface area contributed by atoms with Crippen molar-refractivity contribution in [1.82, 2.24) is 0 Å². The summed E-state index contributed by atoms with van der Waals surface area (Å²) in [7, 11) is 0. The molecule has 0 nitrogen and oxygen atoms in total. The Bertz CT molecular complexity index is 147. The maximum absolute atomic E-state index is 3.36. The van der Waals surface area contributed by atoms with Gasteiger partial charge in [-0.2, -0.15) is 0 Å². The fourth-order valence-corrected chi connectivity index (χ4v) is 10.2. The first-order valence-corrected chi connectivity index (χ1v) is 12.9. The van der Waals surface area contributed by atoms with Crippen LogP contribution in [0.2, 0.25) is 57.7 Å². The van der Waals surface area contributed by atoms with Crippen molar-refractivity contribution in [3.05, 3.63) is 0 Å². The molecule has 0 saturated carbocycles. The summed E-state index contributed by atoms with van der Waals surface area (Å²) in [6, 6.07) is 0. The molecule has 0 aliphatic heterocycles. The van der Waals surface area contributed by atoms with E-state index >= 15 is 0 Å². The second-order valence-electron chi connectivity index (χ2n) is 5.36. The van der Waals surface area contributed by atoms with Gasteiger partial charge in [0, 0.05) is 0 Å². The fraction of sp³-hybridized carbons (Fsp3) is 1.00. The van der Waals surface area contributed by atoms with Gasteiger partial charge < -0.3 is 0 Å². The third-order valence-electron chi connectivity index (χ3n) is 1.85. The second-order valence-corrected chi connectivity index (χ2v) is 13.7. The van der Waals surface area contributed by atoms with Gasteiger partial charge in [0.05, 0.1) is 0 Å². The smallest absolute Gasteiger partial charge is 0.0863 e.